The van der Waals surface area contributed by atoms with Gasteiger partial charge >= 0.3 is 0 Å². The van der Waals surface area contributed by atoms with E-state index in [4.69, 9.17) is 10.8 Å². The first kappa shape index (κ1) is 12.7. The first-order chi connectivity index (χ1) is 5.99. The SMILES string of the molecule is C#C[C@@H](CCCCC)O[Si](C)(C)C. The highest BCUT2D eigenvalue weighted by Gasteiger charge is 2.18. The van der Waals surface area contributed by atoms with Crippen LogP contribution < -0.4 is 0 Å². The van der Waals surface area contributed by atoms with Crippen molar-refractivity contribution in [3.05, 3.63) is 0 Å². The zero-order valence-corrected chi connectivity index (χ0v) is 10.4. The topological polar surface area (TPSA) is 9.23 Å². The Morgan fingerprint density at radius 3 is 2.31 bits per heavy atom. The van der Waals surface area contributed by atoms with Gasteiger partial charge in [-0.05, 0) is 32.5 Å². The van der Waals surface area contributed by atoms with Crippen molar-refractivity contribution in [1.29, 1.82) is 0 Å². The lowest BCUT2D eigenvalue weighted by molar-refractivity contribution is 0.236. The summed E-state index contributed by atoms with van der Waals surface area (Å²) in [5.41, 5.74) is 0. The standard InChI is InChI=1S/C11H22OSi/c1-6-8-9-10-11(7-2)12-13(3,4)5/h2,11H,6,8-10H2,1,3-5H3/t11-/m0/s1. The second-order valence-electron chi connectivity index (χ2n) is 4.38. The predicted octanol–water partition coefficient (Wildman–Crippen LogP) is 3.42. The summed E-state index contributed by atoms with van der Waals surface area (Å²) in [4.78, 5) is 0. The molecule has 0 aromatic carbocycles. The van der Waals surface area contributed by atoms with Crippen LogP contribution in [0.3, 0.4) is 0 Å². The molecule has 0 N–H and O–H groups in total. The lowest BCUT2D eigenvalue weighted by Crippen LogP contribution is -2.31. The average Bonchev–Trinajstić information content (AvgIpc) is 2.01. The predicted molar refractivity (Wildman–Crippen MR) is 61.2 cm³/mol. The van der Waals surface area contributed by atoms with Crippen molar-refractivity contribution in [2.45, 2.75) is 58.4 Å². The third-order valence-corrected chi connectivity index (χ3v) is 2.74. The van der Waals surface area contributed by atoms with E-state index in [0.29, 0.717) is 0 Å². The molecule has 0 saturated carbocycles. The zero-order chi connectivity index (χ0) is 10.3. The van der Waals surface area contributed by atoms with Gasteiger partial charge in [0.25, 0.3) is 0 Å². The Kier molecular flexibility index (Phi) is 6.10. The van der Waals surface area contributed by atoms with E-state index in [1.807, 2.05) is 0 Å². The monoisotopic (exact) mass is 198 g/mol. The molecule has 0 rings (SSSR count). The number of terminal acetylenes is 1. The van der Waals surface area contributed by atoms with Crippen LogP contribution in [0.25, 0.3) is 0 Å². The molecule has 76 valence electrons. The Balaban J connectivity index is 3.72. The molecule has 0 amide bonds. The molecular formula is C11H22OSi. The van der Waals surface area contributed by atoms with Gasteiger partial charge in [0.15, 0.2) is 8.32 Å². The summed E-state index contributed by atoms with van der Waals surface area (Å²) in [7, 11) is -1.44. The van der Waals surface area contributed by atoms with Gasteiger partial charge < -0.3 is 4.43 Å². The molecule has 0 spiro atoms. The van der Waals surface area contributed by atoms with Gasteiger partial charge in [-0.15, -0.1) is 6.42 Å². The maximum absolute atomic E-state index is 5.84. The molecule has 0 aliphatic heterocycles. The lowest BCUT2D eigenvalue weighted by Gasteiger charge is -2.22. The number of hydrogen-bond donors (Lipinski definition) is 0. The minimum absolute atomic E-state index is 0.0539. The summed E-state index contributed by atoms with van der Waals surface area (Å²) < 4.78 is 5.84. The molecule has 0 fully saturated rings. The summed E-state index contributed by atoms with van der Waals surface area (Å²) in [5, 5.41) is 0. The lowest BCUT2D eigenvalue weighted by atomic mass is 10.1. The van der Waals surface area contributed by atoms with Gasteiger partial charge in [0, 0.05) is 0 Å². The fraction of sp³-hybridized carbons (Fsp3) is 0.818. The fourth-order valence-electron chi connectivity index (χ4n) is 1.18. The summed E-state index contributed by atoms with van der Waals surface area (Å²) in [5.74, 6) is 2.73. The van der Waals surface area contributed by atoms with E-state index in [2.05, 4.69) is 32.5 Å². The summed E-state index contributed by atoms with van der Waals surface area (Å²) >= 11 is 0. The van der Waals surface area contributed by atoms with Crippen LogP contribution >= 0.6 is 0 Å². The van der Waals surface area contributed by atoms with E-state index in [9.17, 15) is 0 Å². The molecule has 0 aliphatic rings. The van der Waals surface area contributed by atoms with Crippen LogP contribution in [-0.4, -0.2) is 14.4 Å². The average molecular weight is 198 g/mol. The highest BCUT2D eigenvalue weighted by molar-refractivity contribution is 6.69. The van der Waals surface area contributed by atoms with Crippen LogP contribution in [0.2, 0.25) is 19.6 Å². The number of unbranched alkanes of at least 4 members (excludes halogenated alkanes) is 2. The number of rotatable bonds is 6. The van der Waals surface area contributed by atoms with Crippen molar-refractivity contribution in [1.82, 2.24) is 0 Å². The van der Waals surface area contributed by atoms with Crippen LogP contribution in [0.1, 0.15) is 32.6 Å². The maximum Gasteiger partial charge on any atom is 0.185 e. The Morgan fingerprint density at radius 1 is 1.31 bits per heavy atom. The molecule has 0 heterocycles. The van der Waals surface area contributed by atoms with Crippen molar-refractivity contribution >= 4 is 8.32 Å². The number of hydrogen-bond acceptors (Lipinski definition) is 1. The van der Waals surface area contributed by atoms with Gasteiger partial charge in [0.05, 0.1) is 0 Å². The van der Waals surface area contributed by atoms with Crippen LogP contribution in [-0.2, 0) is 4.43 Å². The normalized spacial score (nSPS) is 13.8. The molecule has 0 bridgehead atoms. The molecule has 0 unspecified atom stereocenters. The van der Waals surface area contributed by atoms with E-state index in [0.717, 1.165) is 6.42 Å². The van der Waals surface area contributed by atoms with Crippen LogP contribution in [0.5, 0.6) is 0 Å². The molecule has 1 atom stereocenters. The minimum Gasteiger partial charge on any atom is -0.404 e. The van der Waals surface area contributed by atoms with Crippen LogP contribution in [0.4, 0.5) is 0 Å². The van der Waals surface area contributed by atoms with Crippen molar-refractivity contribution in [2.24, 2.45) is 0 Å². The van der Waals surface area contributed by atoms with Crippen LogP contribution in [0.15, 0.2) is 0 Å². The van der Waals surface area contributed by atoms with Crippen LogP contribution in [0, 0.1) is 12.3 Å². The molecule has 0 saturated heterocycles. The van der Waals surface area contributed by atoms with E-state index in [-0.39, 0.29) is 6.10 Å². The third kappa shape index (κ3) is 8.08. The molecule has 2 heteroatoms. The summed E-state index contributed by atoms with van der Waals surface area (Å²) in [6.07, 6.45) is 10.2. The Bertz CT molecular complexity index is 164. The molecular weight excluding hydrogens is 176 g/mol. The molecule has 13 heavy (non-hydrogen) atoms. The van der Waals surface area contributed by atoms with Gasteiger partial charge in [-0.3, -0.25) is 0 Å². The zero-order valence-electron chi connectivity index (χ0n) is 9.39. The van der Waals surface area contributed by atoms with Gasteiger partial charge in [-0.25, -0.2) is 0 Å². The summed E-state index contributed by atoms with van der Waals surface area (Å²) in [6.45, 7) is 8.73. The van der Waals surface area contributed by atoms with Crippen molar-refractivity contribution < 1.29 is 4.43 Å². The second kappa shape index (κ2) is 6.23. The Morgan fingerprint density at radius 2 is 1.92 bits per heavy atom. The highest BCUT2D eigenvalue weighted by atomic mass is 28.4. The first-order valence-electron chi connectivity index (χ1n) is 5.13. The first-order valence-corrected chi connectivity index (χ1v) is 8.54. The smallest absolute Gasteiger partial charge is 0.185 e. The van der Waals surface area contributed by atoms with E-state index in [1.54, 1.807) is 0 Å². The molecule has 0 aliphatic carbocycles. The maximum atomic E-state index is 5.84. The quantitative estimate of drug-likeness (QED) is 0.361. The molecule has 0 radical (unpaired) electrons. The van der Waals surface area contributed by atoms with Crippen molar-refractivity contribution in [3.63, 3.8) is 0 Å². The van der Waals surface area contributed by atoms with Crippen molar-refractivity contribution in [3.8, 4) is 12.3 Å². The Hall–Kier alpha value is -0.263. The molecule has 0 aromatic rings. The van der Waals surface area contributed by atoms with Gasteiger partial charge in [-0.1, -0.05) is 25.7 Å². The Labute approximate surface area is 84.0 Å². The largest absolute Gasteiger partial charge is 0.404 e. The minimum atomic E-state index is -1.44. The molecule has 1 nitrogen and oxygen atoms in total. The van der Waals surface area contributed by atoms with E-state index < -0.39 is 8.32 Å². The van der Waals surface area contributed by atoms with Crippen molar-refractivity contribution in [2.75, 3.05) is 0 Å². The highest BCUT2D eigenvalue weighted by Crippen LogP contribution is 2.12. The van der Waals surface area contributed by atoms with Gasteiger partial charge in [0.1, 0.15) is 6.10 Å². The van der Waals surface area contributed by atoms with Gasteiger partial charge in [0.2, 0.25) is 0 Å². The van der Waals surface area contributed by atoms with E-state index in [1.165, 1.54) is 19.3 Å². The fourth-order valence-corrected chi connectivity index (χ4v) is 2.22. The van der Waals surface area contributed by atoms with E-state index >= 15 is 0 Å². The summed E-state index contributed by atoms with van der Waals surface area (Å²) in [6, 6.07) is 0. The molecule has 0 aromatic heterocycles. The third-order valence-electron chi connectivity index (χ3n) is 1.75. The van der Waals surface area contributed by atoms with Gasteiger partial charge in [-0.2, -0.15) is 0 Å². The second-order valence-corrected chi connectivity index (χ2v) is 8.84.